The Labute approximate surface area is 182 Å². The van der Waals surface area contributed by atoms with Crippen LogP contribution in [-0.4, -0.2) is 24.7 Å². The molecule has 30 heavy (non-hydrogen) atoms. The van der Waals surface area contributed by atoms with Crippen LogP contribution in [0.4, 0.5) is 0 Å². The molecular weight excluding hydrogens is 384 g/mol. The first-order chi connectivity index (χ1) is 14.3. The molecule has 4 heteroatoms. The maximum absolute atomic E-state index is 6.52. The Balaban J connectivity index is 1.72. The van der Waals surface area contributed by atoms with Crippen molar-refractivity contribution in [2.24, 2.45) is 0 Å². The summed E-state index contributed by atoms with van der Waals surface area (Å²) in [6.45, 7) is 13.2. The van der Waals surface area contributed by atoms with Gasteiger partial charge in [0.15, 0.2) is 0 Å². The molecule has 4 rings (SSSR count). The molecule has 3 aromatic rings. The molecule has 0 spiro atoms. The third kappa shape index (κ3) is 4.30. The van der Waals surface area contributed by atoms with E-state index < -0.39 is 8.32 Å². The number of nitrogens with zero attached hydrogens (tertiary/aromatic N) is 2. The topological polar surface area (TPSA) is 27.1 Å². The number of rotatable bonds is 7. The molecule has 0 unspecified atom stereocenters. The van der Waals surface area contributed by atoms with E-state index in [2.05, 4.69) is 99.2 Å². The molecule has 1 heterocycles. The summed E-state index contributed by atoms with van der Waals surface area (Å²) >= 11 is 0. The van der Waals surface area contributed by atoms with Gasteiger partial charge >= 0.3 is 182 Å². The van der Waals surface area contributed by atoms with E-state index >= 15 is 0 Å². The number of hydrogen-bond acceptors (Lipinski definition) is 2. The molecule has 1 saturated carbocycles. The van der Waals surface area contributed by atoms with Crippen molar-refractivity contribution < 1.29 is 4.43 Å². The van der Waals surface area contributed by atoms with E-state index in [0.717, 1.165) is 18.8 Å². The first kappa shape index (κ1) is 21.1. The number of hydrogen-bond donors (Lipinski definition) is 0. The summed E-state index contributed by atoms with van der Waals surface area (Å²) in [6, 6.07) is 21.4. The molecule has 0 aliphatic heterocycles. The van der Waals surface area contributed by atoms with Crippen molar-refractivity contribution in [3.8, 4) is 22.4 Å². The van der Waals surface area contributed by atoms with Gasteiger partial charge in [0.2, 0.25) is 0 Å². The Bertz CT molecular complexity index is 983. The summed E-state index contributed by atoms with van der Waals surface area (Å²) < 4.78 is 8.77. The maximum atomic E-state index is 6.52. The van der Waals surface area contributed by atoms with Crippen LogP contribution in [-0.2, 0) is 11.0 Å². The van der Waals surface area contributed by atoms with Crippen molar-refractivity contribution in [2.45, 2.75) is 64.2 Å². The van der Waals surface area contributed by atoms with Crippen molar-refractivity contribution in [3.05, 3.63) is 66.4 Å². The molecule has 1 aromatic heterocycles. The summed E-state index contributed by atoms with van der Waals surface area (Å²) in [7, 11) is -2.08. The summed E-state index contributed by atoms with van der Waals surface area (Å²) in [4.78, 5) is 0. The zero-order chi connectivity index (χ0) is 21.4. The molecule has 0 amide bonds. The van der Waals surface area contributed by atoms with E-state index in [9.17, 15) is 0 Å². The number of aromatic nitrogens is 2. The van der Waals surface area contributed by atoms with Gasteiger partial charge in [-0.15, -0.1) is 0 Å². The van der Waals surface area contributed by atoms with Crippen molar-refractivity contribution >= 4 is 8.32 Å². The average molecular weight is 420 g/mol. The molecule has 160 valence electrons. The standard InChI is InChI=1S/C26H35N2OSi/c1-26(2,3)30(4,5)29-19-18-28-25(22-16-17-22)23(20-12-8-6-9-13-20)24(27-28)21-14-10-7-11-15-21/h6-15,22,30H,16-19H2,1-5H3/q-1. The molecule has 1 aliphatic carbocycles. The van der Waals surface area contributed by atoms with E-state index in [4.69, 9.17) is 9.52 Å². The van der Waals surface area contributed by atoms with Gasteiger partial charge in [0.25, 0.3) is 0 Å². The Morgan fingerprint density at radius 1 is 0.933 bits per heavy atom. The van der Waals surface area contributed by atoms with Crippen molar-refractivity contribution in [1.29, 1.82) is 0 Å². The molecular formula is C26H35N2OSi-. The Morgan fingerprint density at radius 3 is 2.03 bits per heavy atom. The monoisotopic (exact) mass is 419 g/mol. The minimum absolute atomic E-state index is 0.251. The van der Waals surface area contributed by atoms with Crippen LogP contribution >= 0.6 is 0 Å². The summed E-state index contributed by atoms with van der Waals surface area (Å²) in [5.74, 6) is 0.612. The minimum atomic E-state index is -2.08. The van der Waals surface area contributed by atoms with Crippen LogP contribution in [0.1, 0.15) is 45.2 Å². The van der Waals surface area contributed by atoms with Crippen LogP contribution in [0.15, 0.2) is 60.7 Å². The fourth-order valence-corrected chi connectivity index (χ4v) is 4.98. The van der Waals surface area contributed by atoms with Gasteiger partial charge in [-0.05, 0) is 0 Å². The second-order valence-electron chi connectivity index (χ2n) is 10.3. The fourth-order valence-electron chi connectivity index (χ4n) is 3.79. The molecule has 1 fully saturated rings. The van der Waals surface area contributed by atoms with Crippen molar-refractivity contribution in [1.82, 2.24) is 9.78 Å². The van der Waals surface area contributed by atoms with Crippen LogP contribution < -0.4 is 0 Å². The third-order valence-electron chi connectivity index (χ3n) is 6.99. The zero-order valence-corrected chi connectivity index (χ0v) is 20.2. The van der Waals surface area contributed by atoms with E-state index in [1.807, 2.05) is 0 Å². The second kappa shape index (κ2) is 8.16. The Morgan fingerprint density at radius 2 is 1.50 bits per heavy atom. The first-order valence-electron chi connectivity index (χ1n) is 11.4. The van der Waals surface area contributed by atoms with Gasteiger partial charge in [-0.3, -0.25) is 0 Å². The van der Waals surface area contributed by atoms with Gasteiger partial charge in [-0.1, -0.05) is 0 Å². The normalized spacial score (nSPS) is 15.4. The van der Waals surface area contributed by atoms with Crippen LogP contribution in [0, 0.1) is 0 Å². The third-order valence-corrected chi connectivity index (χ3v) is 12.2. The fraction of sp³-hybridized carbons (Fsp3) is 0.423. The molecule has 0 saturated heterocycles. The molecule has 3 nitrogen and oxygen atoms in total. The van der Waals surface area contributed by atoms with Gasteiger partial charge in [0.1, 0.15) is 0 Å². The number of benzene rings is 2. The van der Waals surface area contributed by atoms with Gasteiger partial charge in [-0.2, -0.15) is 0 Å². The SMILES string of the molecule is CC(C)(C)[SiH-](C)(C)OCCn1nc(-c2ccccc2)c(-c2ccccc2)c1C1CC1. The average Bonchev–Trinajstić information content (AvgIpc) is 3.49. The van der Waals surface area contributed by atoms with Gasteiger partial charge in [0.05, 0.1) is 0 Å². The molecule has 0 atom stereocenters. The molecule has 1 aliphatic rings. The van der Waals surface area contributed by atoms with Crippen LogP contribution in [0.25, 0.3) is 22.4 Å². The van der Waals surface area contributed by atoms with Crippen LogP contribution in [0.5, 0.6) is 0 Å². The van der Waals surface area contributed by atoms with Gasteiger partial charge in [-0.25, -0.2) is 0 Å². The van der Waals surface area contributed by atoms with Gasteiger partial charge in [0, 0.05) is 0 Å². The van der Waals surface area contributed by atoms with E-state index in [1.165, 1.54) is 35.2 Å². The van der Waals surface area contributed by atoms with Crippen molar-refractivity contribution in [3.63, 3.8) is 0 Å². The van der Waals surface area contributed by atoms with Crippen molar-refractivity contribution in [2.75, 3.05) is 6.61 Å². The quantitative estimate of drug-likeness (QED) is 0.392. The summed E-state index contributed by atoms with van der Waals surface area (Å²) in [5.41, 5.74) is 6.24. The predicted octanol–water partition coefficient (Wildman–Crippen LogP) is 6.85. The zero-order valence-electron chi connectivity index (χ0n) is 19.1. The second-order valence-corrected chi connectivity index (χ2v) is 15.9. The van der Waals surface area contributed by atoms with E-state index in [1.54, 1.807) is 0 Å². The van der Waals surface area contributed by atoms with Crippen LogP contribution in [0.2, 0.25) is 18.1 Å². The van der Waals surface area contributed by atoms with Gasteiger partial charge < -0.3 is 0 Å². The first-order valence-corrected chi connectivity index (χ1v) is 14.7. The van der Waals surface area contributed by atoms with Crippen LogP contribution in [0.3, 0.4) is 0 Å². The van der Waals surface area contributed by atoms with E-state index in [-0.39, 0.29) is 5.04 Å². The Kier molecular flexibility index (Phi) is 5.73. The molecule has 0 radical (unpaired) electrons. The summed E-state index contributed by atoms with van der Waals surface area (Å²) in [6.07, 6.45) is 2.51. The molecule has 0 N–H and O–H groups in total. The Hall–Kier alpha value is -2.17. The van der Waals surface area contributed by atoms with E-state index in [0.29, 0.717) is 5.92 Å². The summed E-state index contributed by atoms with van der Waals surface area (Å²) in [5, 5.41) is 5.41. The molecule has 2 aromatic carbocycles. The molecule has 0 bridgehead atoms. The predicted molar refractivity (Wildman–Crippen MR) is 130 cm³/mol.